The van der Waals surface area contributed by atoms with Crippen LogP contribution in [-0.2, 0) is 0 Å². The van der Waals surface area contributed by atoms with Gasteiger partial charge in [-0.1, -0.05) is 6.92 Å². The zero-order valence-electron chi connectivity index (χ0n) is 5.62. The molecule has 0 unspecified atom stereocenters. The molecule has 1 N–H and O–H groups in total. The van der Waals surface area contributed by atoms with Gasteiger partial charge in [0.2, 0.25) is 0 Å². The number of rotatable bonds is 2. The van der Waals surface area contributed by atoms with Crippen molar-refractivity contribution in [2.45, 2.75) is 19.8 Å². The fourth-order valence-electron chi connectivity index (χ4n) is 0.401. The van der Waals surface area contributed by atoms with Gasteiger partial charge in [-0.2, -0.15) is 0 Å². The first-order valence-electron chi connectivity index (χ1n) is 3.02. The molecule has 0 amide bonds. The van der Waals surface area contributed by atoms with Crippen molar-refractivity contribution < 1.29 is 0 Å². The average molecular weight is 111 g/mol. The summed E-state index contributed by atoms with van der Waals surface area (Å²) in [5.74, 6) is 6.02. The van der Waals surface area contributed by atoms with Gasteiger partial charge >= 0.3 is 0 Å². The van der Waals surface area contributed by atoms with E-state index in [1.165, 1.54) is 0 Å². The Hall–Kier alpha value is -0.480. The van der Waals surface area contributed by atoms with Crippen LogP contribution in [0.2, 0.25) is 0 Å². The molecule has 0 aromatic heterocycles. The van der Waals surface area contributed by atoms with Crippen LogP contribution in [0.1, 0.15) is 19.8 Å². The quantitative estimate of drug-likeness (QED) is 0.414. The van der Waals surface area contributed by atoms with Gasteiger partial charge < -0.3 is 5.32 Å². The average Bonchev–Trinajstić information content (AvgIpc) is 1.81. The Labute approximate surface area is 51.5 Å². The molecule has 0 spiro atoms. The Morgan fingerprint density at radius 3 is 2.62 bits per heavy atom. The first-order chi connectivity index (χ1) is 3.91. The lowest BCUT2D eigenvalue weighted by Crippen LogP contribution is -2.05. The largest absolute Gasteiger partial charge is 0.319 e. The summed E-state index contributed by atoms with van der Waals surface area (Å²) in [6.45, 7) is 3.07. The molecule has 1 heteroatoms. The van der Waals surface area contributed by atoms with Crippen molar-refractivity contribution in [1.82, 2.24) is 5.32 Å². The molecule has 0 aliphatic heterocycles. The molecule has 0 radical (unpaired) electrons. The van der Waals surface area contributed by atoms with Crippen molar-refractivity contribution in [2.24, 2.45) is 0 Å². The second-order valence-corrected chi connectivity index (χ2v) is 1.56. The fourth-order valence-corrected chi connectivity index (χ4v) is 0.401. The van der Waals surface area contributed by atoms with E-state index < -0.39 is 0 Å². The summed E-state index contributed by atoms with van der Waals surface area (Å²) >= 11 is 0. The van der Waals surface area contributed by atoms with Crippen molar-refractivity contribution in [3.8, 4) is 11.8 Å². The summed E-state index contributed by atoms with van der Waals surface area (Å²) in [6.07, 6.45) is 1.95. The van der Waals surface area contributed by atoms with E-state index in [1.807, 2.05) is 7.05 Å². The highest BCUT2D eigenvalue weighted by molar-refractivity contribution is 4.97. The van der Waals surface area contributed by atoms with Crippen LogP contribution in [0.15, 0.2) is 0 Å². The molecule has 1 nitrogen and oxygen atoms in total. The fraction of sp³-hybridized carbons (Fsp3) is 0.714. The zero-order chi connectivity index (χ0) is 6.24. The normalized spacial score (nSPS) is 7.75. The van der Waals surface area contributed by atoms with Gasteiger partial charge in [0.1, 0.15) is 0 Å². The van der Waals surface area contributed by atoms with Crippen LogP contribution in [0.25, 0.3) is 0 Å². The van der Waals surface area contributed by atoms with Gasteiger partial charge in [0.05, 0.1) is 0 Å². The van der Waals surface area contributed by atoms with Crippen LogP contribution in [0, 0.1) is 11.8 Å². The number of hydrogen-bond donors (Lipinski definition) is 1. The number of nitrogens with one attached hydrogen (secondary N) is 1. The first-order valence-corrected chi connectivity index (χ1v) is 3.02. The van der Waals surface area contributed by atoms with Gasteiger partial charge in [-0.05, 0) is 7.05 Å². The third-order valence-electron chi connectivity index (χ3n) is 0.802. The monoisotopic (exact) mass is 111 g/mol. The molecule has 0 atom stereocenters. The summed E-state index contributed by atoms with van der Waals surface area (Å²) in [5, 5.41) is 3.02. The third-order valence-corrected chi connectivity index (χ3v) is 0.802. The summed E-state index contributed by atoms with van der Waals surface area (Å²) in [5.41, 5.74) is 0. The lowest BCUT2D eigenvalue weighted by Gasteiger charge is -1.85. The first kappa shape index (κ1) is 7.52. The molecule has 0 bridgehead atoms. The SMILES string of the molecule is CCC#CCCNC. The molecule has 0 aromatic carbocycles. The molecule has 0 aromatic rings. The second-order valence-electron chi connectivity index (χ2n) is 1.56. The molecule has 0 aliphatic carbocycles. The topological polar surface area (TPSA) is 12.0 Å². The van der Waals surface area contributed by atoms with Crippen molar-refractivity contribution in [1.29, 1.82) is 0 Å². The highest BCUT2D eigenvalue weighted by Gasteiger charge is 1.71. The van der Waals surface area contributed by atoms with Crippen molar-refractivity contribution >= 4 is 0 Å². The molecule has 0 fully saturated rings. The predicted octanol–water partition coefficient (Wildman–Crippen LogP) is 1.01. The number of hydrogen-bond acceptors (Lipinski definition) is 1. The van der Waals surface area contributed by atoms with E-state index in [9.17, 15) is 0 Å². The van der Waals surface area contributed by atoms with Gasteiger partial charge in [-0.15, -0.1) is 11.8 Å². The Bertz CT molecular complexity index is 86.3. The highest BCUT2D eigenvalue weighted by atomic mass is 14.8. The lowest BCUT2D eigenvalue weighted by atomic mass is 10.4. The van der Waals surface area contributed by atoms with Gasteiger partial charge in [0.25, 0.3) is 0 Å². The van der Waals surface area contributed by atoms with Crippen LogP contribution in [0.3, 0.4) is 0 Å². The van der Waals surface area contributed by atoms with Gasteiger partial charge in [0.15, 0.2) is 0 Å². The second kappa shape index (κ2) is 6.52. The minimum atomic E-state index is 0.976. The molecular weight excluding hydrogens is 98.1 g/mol. The van der Waals surface area contributed by atoms with Crippen LogP contribution in [0.5, 0.6) is 0 Å². The van der Waals surface area contributed by atoms with Gasteiger partial charge in [-0.3, -0.25) is 0 Å². The molecule has 0 aliphatic rings. The molecule has 0 heterocycles. The van der Waals surface area contributed by atoms with Crippen LogP contribution < -0.4 is 5.32 Å². The molecule has 0 saturated heterocycles. The predicted molar refractivity (Wildman–Crippen MR) is 36.6 cm³/mol. The van der Waals surface area contributed by atoms with Gasteiger partial charge in [0, 0.05) is 19.4 Å². The maximum atomic E-state index is 3.02. The Balaban J connectivity index is 2.90. The van der Waals surface area contributed by atoms with Gasteiger partial charge in [-0.25, -0.2) is 0 Å². The standard InChI is InChI=1S/C7H13N/c1-3-4-5-6-7-8-2/h8H,3,6-7H2,1-2H3. The highest BCUT2D eigenvalue weighted by Crippen LogP contribution is 1.72. The summed E-state index contributed by atoms with van der Waals surface area (Å²) in [6, 6.07) is 0. The molecule has 0 saturated carbocycles. The Morgan fingerprint density at radius 2 is 2.12 bits per heavy atom. The van der Waals surface area contributed by atoms with Crippen LogP contribution in [-0.4, -0.2) is 13.6 Å². The summed E-state index contributed by atoms with van der Waals surface area (Å²) in [4.78, 5) is 0. The maximum absolute atomic E-state index is 3.02. The van der Waals surface area contributed by atoms with Crippen LogP contribution in [0.4, 0.5) is 0 Å². The van der Waals surface area contributed by atoms with Crippen LogP contribution >= 0.6 is 0 Å². The maximum Gasteiger partial charge on any atom is 0.0214 e. The van der Waals surface area contributed by atoms with Crippen molar-refractivity contribution in [3.63, 3.8) is 0 Å². The van der Waals surface area contributed by atoms with E-state index in [0.717, 1.165) is 19.4 Å². The summed E-state index contributed by atoms with van der Waals surface area (Å²) in [7, 11) is 1.94. The third kappa shape index (κ3) is 5.52. The molecule has 8 heavy (non-hydrogen) atoms. The smallest absolute Gasteiger partial charge is 0.0214 e. The minimum absolute atomic E-state index is 0.976. The van der Waals surface area contributed by atoms with E-state index in [4.69, 9.17) is 0 Å². The molecule has 0 rings (SSSR count). The van der Waals surface area contributed by atoms with E-state index >= 15 is 0 Å². The molecule has 46 valence electrons. The summed E-state index contributed by atoms with van der Waals surface area (Å²) < 4.78 is 0. The van der Waals surface area contributed by atoms with E-state index in [0.29, 0.717) is 0 Å². The molecular formula is C7H13N. The van der Waals surface area contributed by atoms with Crippen molar-refractivity contribution in [2.75, 3.05) is 13.6 Å². The zero-order valence-corrected chi connectivity index (χ0v) is 5.62. The van der Waals surface area contributed by atoms with Crippen molar-refractivity contribution in [3.05, 3.63) is 0 Å². The Kier molecular flexibility index (Phi) is 6.13. The van der Waals surface area contributed by atoms with E-state index in [1.54, 1.807) is 0 Å². The minimum Gasteiger partial charge on any atom is -0.319 e. The van der Waals surface area contributed by atoms with E-state index in [2.05, 4.69) is 24.1 Å². The Morgan fingerprint density at radius 1 is 1.38 bits per heavy atom. The van der Waals surface area contributed by atoms with E-state index in [-0.39, 0.29) is 0 Å². The lowest BCUT2D eigenvalue weighted by molar-refractivity contribution is 0.818.